The monoisotopic (exact) mass is 494 g/mol. The molecule has 2 amide bonds. The average Bonchev–Trinajstić information content (AvgIpc) is 3.26. The third-order valence-electron chi connectivity index (χ3n) is 6.43. The van der Waals surface area contributed by atoms with Gasteiger partial charge in [-0.3, -0.25) is 14.5 Å². The van der Waals surface area contributed by atoms with Crippen molar-refractivity contribution in [2.24, 2.45) is 11.8 Å². The van der Waals surface area contributed by atoms with Crippen molar-refractivity contribution in [2.45, 2.75) is 12.1 Å². The minimum atomic E-state index is -0.956. The number of esters is 1. The van der Waals surface area contributed by atoms with Crippen molar-refractivity contribution in [3.8, 4) is 5.75 Å². The molecule has 172 valence electrons. The number of benzene rings is 3. The van der Waals surface area contributed by atoms with Gasteiger partial charge < -0.3 is 4.74 Å². The van der Waals surface area contributed by atoms with Crippen LogP contribution in [0.5, 0.6) is 5.75 Å². The molecule has 2 saturated heterocycles. The first-order valence-corrected chi connectivity index (χ1v) is 11.5. The van der Waals surface area contributed by atoms with Gasteiger partial charge in [0.1, 0.15) is 11.8 Å². The lowest BCUT2D eigenvalue weighted by Crippen LogP contribution is -2.45. The van der Waals surface area contributed by atoms with Crippen LogP contribution in [0, 0.1) is 11.8 Å². The Hall–Kier alpha value is -3.19. The van der Waals surface area contributed by atoms with Gasteiger partial charge >= 0.3 is 5.97 Å². The van der Waals surface area contributed by atoms with E-state index in [1.807, 2.05) is 12.1 Å². The molecular weight excluding hydrogens is 475 g/mol. The molecule has 3 aromatic rings. The molecule has 0 aromatic heterocycles. The number of nitrogens with zero attached hydrogens (tertiary/aromatic N) is 2. The van der Waals surface area contributed by atoms with Gasteiger partial charge in [-0.15, -0.1) is 0 Å². The quantitative estimate of drug-likeness (QED) is 0.297. The Morgan fingerprint density at radius 1 is 0.824 bits per heavy atom. The van der Waals surface area contributed by atoms with Crippen LogP contribution in [-0.2, 0) is 14.4 Å². The number of ether oxygens (including phenoxy) is 1. The number of carbonyl (C=O) groups excluding carboxylic acids is 3. The number of hydrogen-bond donors (Lipinski definition) is 0. The van der Waals surface area contributed by atoms with Gasteiger partial charge in [-0.2, -0.15) is 0 Å². The molecule has 34 heavy (non-hydrogen) atoms. The van der Waals surface area contributed by atoms with Crippen LogP contribution in [-0.4, -0.2) is 35.8 Å². The maximum absolute atomic E-state index is 13.7. The molecule has 2 fully saturated rings. The van der Waals surface area contributed by atoms with E-state index in [2.05, 4.69) is 0 Å². The Morgan fingerprint density at radius 3 is 2.18 bits per heavy atom. The number of anilines is 1. The summed E-state index contributed by atoms with van der Waals surface area (Å²) in [4.78, 5) is 43.6. The smallest absolute Gasteiger partial charge is 0.329 e. The lowest BCUT2D eigenvalue weighted by Gasteiger charge is -2.29. The fraction of sp³-hybridized carbons (Fsp3) is 0.192. The molecule has 0 bridgehead atoms. The van der Waals surface area contributed by atoms with E-state index in [-0.39, 0.29) is 5.91 Å². The molecule has 0 radical (unpaired) electrons. The predicted molar refractivity (Wildman–Crippen MR) is 129 cm³/mol. The highest BCUT2D eigenvalue weighted by molar-refractivity contribution is 6.31. The molecule has 2 aliphatic heterocycles. The maximum Gasteiger partial charge on any atom is 0.329 e. The number of likely N-dealkylation sites (tertiary alicyclic amines) is 1. The summed E-state index contributed by atoms with van der Waals surface area (Å²) < 4.78 is 5.62. The minimum Gasteiger partial charge on any atom is -0.425 e. The van der Waals surface area contributed by atoms with Crippen molar-refractivity contribution in [1.82, 2.24) is 4.90 Å². The van der Waals surface area contributed by atoms with Gasteiger partial charge in [-0.1, -0.05) is 53.5 Å². The third-order valence-corrected chi connectivity index (χ3v) is 6.92. The lowest BCUT2D eigenvalue weighted by molar-refractivity contribution is -0.143. The second-order valence-electron chi connectivity index (χ2n) is 8.38. The lowest BCUT2D eigenvalue weighted by atomic mass is 9.86. The van der Waals surface area contributed by atoms with E-state index in [0.717, 1.165) is 10.5 Å². The summed E-state index contributed by atoms with van der Waals surface area (Å²) in [5.41, 5.74) is 1.16. The molecule has 0 aliphatic carbocycles. The first-order valence-electron chi connectivity index (χ1n) is 10.7. The van der Waals surface area contributed by atoms with Crippen LogP contribution in [0.3, 0.4) is 0 Å². The van der Waals surface area contributed by atoms with E-state index in [0.29, 0.717) is 21.5 Å². The SMILES string of the molecule is CN1[C@H](C(=O)Oc2ccccc2)[C@@H]2C(=O)N(c3ccc(Cl)cc3)C(=O)[C@@H]2[C@@H]1c1cccc(Cl)c1. The molecule has 6 nitrogen and oxygen atoms in total. The number of halogens is 2. The van der Waals surface area contributed by atoms with Crippen molar-refractivity contribution in [2.75, 3.05) is 11.9 Å². The number of rotatable bonds is 4. The summed E-state index contributed by atoms with van der Waals surface area (Å²) in [5.74, 6) is -2.72. The van der Waals surface area contributed by atoms with Crippen LogP contribution in [0.1, 0.15) is 11.6 Å². The first kappa shape index (κ1) is 22.6. The number of para-hydroxylation sites is 1. The fourth-order valence-electron chi connectivity index (χ4n) is 5.01. The minimum absolute atomic E-state index is 0.370. The van der Waals surface area contributed by atoms with Crippen molar-refractivity contribution in [3.05, 3.63) is 94.5 Å². The molecular formula is C26H20Cl2N2O4. The highest BCUT2D eigenvalue weighted by Gasteiger charge is 2.64. The van der Waals surface area contributed by atoms with Gasteiger partial charge in [0.25, 0.3) is 0 Å². The van der Waals surface area contributed by atoms with E-state index < -0.39 is 35.8 Å². The summed E-state index contributed by atoms with van der Waals surface area (Å²) in [7, 11) is 1.73. The fourth-order valence-corrected chi connectivity index (χ4v) is 5.34. The van der Waals surface area contributed by atoms with Crippen LogP contribution in [0.2, 0.25) is 10.0 Å². The largest absolute Gasteiger partial charge is 0.425 e. The summed E-state index contributed by atoms with van der Waals surface area (Å²) in [5, 5.41) is 0.994. The van der Waals surface area contributed by atoms with Crippen molar-refractivity contribution in [1.29, 1.82) is 0 Å². The molecule has 2 aliphatic rings. The molecule has 8 heteroatoms. The van der Waals surface area contributed by atoms with Crippen molar-refractivity contribution >= 4 is 46.7 Å². The van der Waals surface area contributed by atoms with E-state index in [9.17, 15) is 14.4 Å². The normalized spacial score (nSPS) is 24.4. The molecule has 5 rings (SSSR count). The van der Waals surface area contributed by atoms with E-state index in [1.54, 1.807) is 78.7 Å². The Morgan fingerprint density at radius 2 is 1.50 bits per heavy atom. The Kier molecular flexibility index (Phi) is 5.90. The zero-order valence-electron chi connectivity index (χ0n) is 18.1. The first-order chi connectivity index (χ1) is 16.4. The van der Waals surface area contributed by atoms with E-state index in [1.165, 1.54) is 0 Å². The summed E-state index contributed by atoms with van der Waals surface area (Å²) in [6, 6.07) is 20.8. The standard InChI is InChI=1S/C26H20Cl2N2O4/c1-29-22(15-6-5-7-17(28)14-15)20-21(23(29)26(33)34-19-8-3-2-4-9-19)25(32)30(24(20)31)18-12-10-16(27)11-13-18/h2-14,20-23H,1H3/t20-,21+,22-,23-/m0/s1. The molecule has 0 N–H and O–H groups in total. The zero-order valence-corrected chi connectivity index (χ0v) is 19.6. The van der Waals surface area contributed by atoms with Gasteiger partial charge in [0.15, 0.2) is 0 Å². The van der Waals surface area contributed by atoms with Crippen LogP contribution < -0.4 is 9.64 Å². The molecule has 4 atom stereocenters. The topological polar surface area (TPSA) is 66.9 Å². The van der Waals surface area contributed by atoms with Gasteiger partial charge in [0, 0.05) is 16.1 Å². The third kappa shape index (κ3) is 3.78. The number of carbonyl (C=O) groups is 3. The number of fused-ring (bicyclic) bond motifs is 1. The highest BCUT2D eigenvalue weighted by atomic mass is 35.5. The van der Waals surface area contributed by atoms with Gasteiger partial charge in [-0.05, 0) is 61.1 Å². The van der Waals surface area contributed by atoms with Crippen LogP contribution in [0.15, 0.2) is 78.9 Å². The Labute approximate surface area is 206 Å². The van der Waals surface area contributed by atoms with Crippen molar-refractivity contribution in [3.63, 3.8) is 0 Å². The predicted octanol–water partition coefficient (Wildman–Crippen LogP) is 4.76. The number of likely N-dealkylation sites (N-methyl/N-ethyl adjacent to an activating group) is 1. The summed E-state index contributed by atoms with van der Waals surface area (Å²) in [6.07, 6.45) is 0. The summed E-state index contributed by atoms with van der Waals surface area (Å²) in [6.45, 7) is 0. The van der Waals surface area contributed by atoms with Crippen molar-refractivity contribution < 1.29 is 19.1 Å². The Balaban J connectivity index is 1.57. The van der Waals surface area contributed by atoms with Crippen LogP contribution in [0.4, 0.5) is 5.69 Å². The number of amides is 2. The van der Waals surface area contributed by atoms with Crippen LogP contribution >= 0.6 is 23.2 Å². The second kappa shape index (κ2) is 8.87. The highest BCUT2D eigenvalue weighted by Crippen LogP contribution is 2.50. The molecule has 2 heterocycles. The zero-order chi connectivity index (χ0) is 24.0. The van der Waals surface area contributed by atoms with Gasteiger partial charge in [0.2, 0.25) is 11.8 Å². The van der Waals surface area contributed by atoms with Gasteiger partial charge in [0.05, 0.1) is 17.5 Å². The van der Waals surface area contributed by atoms with Crippen LogP contribution in [0.25, 0.3) is 0 Å². The molecule has 0 spiro atoms. The van der Waals surface area contributed by atoms with E-state index in [4.69, 9.17) is 27.9 Å². The Bertz CT molecular complexity index is 1270. The maximum atomic E-state index is 13.7. The number of imide groups is 1. The summed E-state index contributed by atoms with van der Waals surface area (Å²) >= 11 is 12.2. The molecule has 0 unspecified atom stereocenters. The second-order valence-corrected chi connectivity index (χ2v) is 9.26. The number of hydrogen-bond acceptors (Lipinski definition) is 5. The van der Waals surface area contributed by atoms with E-state index >= 15 is 0 Å². The van der Waals surface area contributed by atoms with Gasteiger partial charge in [-0.25, -0.2) is 9.69 Å². The average molecular weight is 495 g/mol. The molecule has 3 aromatic carbocycles. The molecule has 0 saturated carbocycles.